The lowest BCUT2D eigenvalue weighted by Crippen LogP contribution is -2.44. The van der Waals surface area contributed by atoms with Crippen LogP contribution < -0.4 is 5.32 Å². The third-order valence-electron chi connectivity index (χ3n) is 5.08. The molecule has 5 heteroatoms. The fourth-order valence-corrected chi connectivity index (χ4v) is 3.85. The number of nitrogens with zero attached hydrogens (tertiary/aromatic N) is 1. The van der Waals surface area contributed by atoms with Gasteiger partial charge >= 0.3 is 6.03 Å². The van der Waals surface area contributed by atoms with Crippen molar-refractivity contribution in [2.24, 2.45) is 5.92 Å². The van der Waals surface area contributed by atoms with Crippen LogP contribution in [0.5, 0.6) is 0 Å². The number of ketones is 1. The molecular formula is C15H22N2O3. The Kier molecular flexibility index (Phi) is 3.52. The first-order valence-corrected chi connectivity index (χ1v) is 7.79. The molecule has 3 aliphatic rings. The van der Waals surface area contributed by atoms with Crippen LogP contribution in [0, 0.1) is 5.92 Å². The minimum absolute atomic E-state index is 0.0307. The Morgan fingerprint density at radius 2 is 1.75 bits per heavy atom. The minimum atomic E-state index is -0.691. The smallest absolute Gasteiger partial charge is 0.323 e. The maximum atomic E-state index is 12.4. The molecule has 3 fully saturated rings. The number of hydrogen-bond donors (Lipinski definition) is 1. The third-order valence-corrected chi connectivity index (χ3v) is 5.08. The Morgan fingerprint density at radius 1 is 1.10 bits per heavy atom. The van der Waals surface area contributed by atoms with Crippen molar-refractivity contribution in [3.8, 4) is 0 Å². The summed E-state index contributed by atoms with van der Waals surface area (Å²) in [5, 5.41) is 2.82. The molecule has 0 radical (unpaired) electrons. The molecule has 1 aliphatic heterocycles. The lowest BCUT2D eigenvalue weighted by Gasteiger charge is -2.23. The number of carbonyl (C=O) groups excluding carboxylic acids is 3. The monoisotopic (exact) mass is 278 g/mol. The molecule has 3 rings (SSSR count). The molecule has 1 spiro atoms. The minimum Gasteiger partial charge on any atom is -0.323 e. The number of urea groups is 1. The Balaban J connectivity index is 1.66. The standard InChI is InChI=1S/C15H22N2O3/c18-12(11-6-2-1-3-7-11)10-17-13(19)15(16-14(17)20)8-4-5-9-15/h11H,1-10H2,(H,16,20). The molecule has 0 aromatic carbocycles. The van der Waals surface area contributed by atoms with E-state index in [2.05, 4.69) is 5.32 Å². The highest BCUT2D eigenvalue weighted by Gasteiger charge is 2.52. The number of amides is 3. The van der Waals surface area contributed by atoms with Gasteiger partial charge in [-0.05, 0) is 25.7 Å². The molecule has 3 amide bonds. The molecule has 5 nitrogen and oxygen atoms in total. The van der Waals surface area contributed by atoms with E-state index in [1.165, 1.54) is 6.42 Å². The number of hydrogen-bond acceptors (Lipinski definition) is 3. The summed E-state index contributed by atoms with van der Waals surface area (Å²) in [5.74, 6) is -0.0723. The van der Waals surface area contributed by atoms with E-state index < -0.39 is 5.54 Å². The Bertz CT molecular complexity index is 434. The van der Waals surface area contributed by atoms with Crippen LogP contribution in [0.15, 0.2) is 0 Å². The van der Waals surface area contributed by atoms with E-state index in [9.17, 15) is 14.4 Å². The summed E-state index contributed by atoms with van der Waals surface area (Å²) in [6.45, 7) is -0.0307. The van der Waals surface area contributed by atoms with Crippen molar-refractivity contribution >= 4 is 17.7 Å². The summed E-state index contributed by atoms with van der Waals surface area (Å²) in [6, 6.07) is -0.374. The first-order valence-electron chi connectivity index (χ1n) is 7.79. The molecule has 0 aromatic heterocycles. The Hall–Kier alpha value is -1.39. The third kappa shape index (κ3) is 2.23. The average molecular weight is 278 g/mol. The van der Waals surface area contributed by atoms with Crippen molar-refractivity contribution in [2.45, 2.75) is 63.3 Å². The first-order chi connectivity index (χ1) is 9.62. The summed E-state index contributed by atoms with van der Waals surface area (Å²) in [6.07, 6.45) is 8.54. The van der Waals surface area contributed by atoms with Gasteiger partial charge in [0.2, 0.25) is 0 Å². The summed E-state index contributed by atoms with van der Waals surface area (Å²) in [4.78, 5) is 37.9. The van der Waals surface area contributed by atoms with Gasteiger partial charge in [0.05, 0.1) is 6.54 Å². The molecule has 0 aromatic rings. The van der Waals surface area contributed by atoms with Gasteiger partial charge in [0.25, 0.3) is 5.91 Å². The van der Waals surface area contributed by atoms with Gasteiger partial charge in [-0.3, -0.25) is 14.5 Å². The predicted octanol–water partition coefficient (Wildman–Crippen LogP) is 2.00. The Labute approximate surface area is 119 Å². The van der Waals surface area contributed by atoms with Crippen LogP contribution in [0.2, 0.25) is 0 Å². The van der Waals surface area contributed by atoms with Gasteiger partial charge in [0.1, 0.15) is 5.54 Å². The maximum Gasteiger partial charge on any atom is 0.325 e. The normalized spacial score (nSPS) is 26.3. The van der Waals surface area contributed by atoms with E-state index >= 15 is 0 Å². The number of Topliss-reactive ketones (excluding diaryl/α,β-unsaturated/α-hetero) is 1. The number of carbonyl (C=O) groups is 3. The molecule has 20 heavy (non-hydrogen) atoms. The summed E-state index contributed by atoms with van der Waals surface area (Å²) < 4.78 is 0. The summed E-state index contributed by atoms with van der Waals surface area (Å²) >= 11 is 0. The maximum absolute atomic E-state index is 12.4. The Morgan fingerprint density at radius 3 is 2.40 bits per heavy atom. The second-order valence-corrected chi connectivity index (χ2v) is 6.41. The van der Waals surface area contributed by atoms with Crippen molar-refractivity contribution < 1.29 is 14.4 Å². The number of nitrogens with one attached hydrogen (secondary N) is 1. The van der Waals surface area contributed by atoms with Gasteiger partial charge in [0.15, 0.2) is 5.78 Å². The predicted molar refractivity (Wildman–Crippen MR) is 73.0 cm³/mol. The highest BCUT2D eigenvalue weighted by Crippen LogP contribution is 2.35. The van der Waals surface area contributed by atoms with Gasteiger partial charge in [-0.1, -0.05) is 32.1 Å². The van der Waals surface area contributed by atoms with E-state index in [-0.39, 0.29) is 30.2 Å². The van der Waals surface area contributed by atoms with Crippen molar-refractivity contribution in [1.29, 1.82) is 0 Å². The van der Waals surface area contributed by atoms with Crippen LogP contribution in [0.25, 0.3) is 0 Å². The van der Waals surface area contributed by atoms with E-state index in [0.29, 0.717) is 12.8 Å². The van der Waals surface area contributed by atoms with Gasteiger partial charge < -0.3 is 5.32 Å². The van der Waals surface area contributed by atoms with Crippen LogP contribution >= 0.6 is 0 Å². The molecule has 0 bridgehead atoms. The molecule has 0 unspecified atom stereocenters. The molecule has 1 heterocycles. The highest BCUT2D eigenvalue weighted by atomic mass is 16.2. The van der Waals surface area contributed by atoms with Crippen molar-refractivity contribution in [3.63, 3.8) is 0 Å². The zero-order valence-electron chi connectivity index (χ0n) is 11.8. The largest absolute Gasteiger partial charge is 0.325 e. The van der Waals surface area contributed by atoms with Crippen LogP contribution in [-0.2, 0) is 9.59 Å². The lowest BCUT2D eigenvalue weighted by atomic mass is 9.86. The topological polar surface area (TPSA) is 66.5 Å². The molecule has 1 saturated heterocycles. The second kappa shape index (κ2) is 5.19. The fraction of sp³-hybridized carbons (Fsp3) is 0.800. The first kappa shape index (κ1) is 13.6. The van der Waals surface area contributed by atoms with E-state index in [4.69, 9.17) is 0 Å². The zero-order chi connectivity index (χ0) is 14.2. The van der Waals surface area contributed by atoms with Crippen LogP contribution in [0.1, 0.15) is 57.8 Å². The molecule has 2 saturated carbocycles. The fourth-order valence-electron chi connectivity index (χ4n) is 3.85. The van der Waals surface area contributed by atoms with Crippen LogP contribution in [0.4, 0.5) is 4.79 Å². The zero-order valence-corrected chi connectivity index (χ0v) is 11.8. The van der Waals surface area contributed by atoms with Crippen molar-refractivity contribution in [1.82, 2.24) is 10.2 Å². The average Bonchev–Trinajstić information content (AvgIpc) is 3.01. The molecule has 110 valence electrons. The van der Waals surface area contributed by atoms with Gasteiger partial charge in [-0.2, -0.15) is 0 Å². The summed E-state index contributed by atoms with van der Waals surface area (Å²) in [5.41, 5.74) is -0.691. The van der Waals surface area contributed by atoms with E-state index in [1.807, 2.05) is 0 Å². The van der Waals surface area contributed by atoms with Crippen molar-refractivity contribution in [3.05, 3.63) is 0 Å². The molecular weight excluding hydrogens is 256 g/mol. The summed E-state index contributed by atoms with van der Waals surface area (Å²) in [7, 11) is 0. The quantitative estimate of drug-likeness (QED) is 0.803. The number of rotatable bonds is 3. The van der Waals surface area contributed by atoms with Gasteiger partial charge in [0, 0.05) is 5.92 Å². The molecule has 0 atom stereocenters. The van der Waals surface area contributed by atoms with E-state index in [0.717, 1.165) is 43.4 Å². The van der Waals surface area contributed by atoms with E-state index in [1.54, 1.807) is 0 Å². The van der Waals surface area contributed by atoms with Gasteiger partial charge in [-0.25, -0.2) is 4.79 Å². The lowest BCUT2D eigenvalue weighted by molar-refractivity contribution is -0.135. The number of imide groups is 1. The highest BCUT2D eigenvalue weighted by molar-refractivity contribution is 6.09. The van der Waals surface area contributed by atoms with Gasteiger partial charge in [-0.15, -0.1) is 0 Å². The van der Waals surface area contributed by atoms with Crippen molar-refractivity contribution in [2.75, 3.05) is 6.54 Å². The van der Waals surface area contributed by atoms with Crippen LogP contribution in [-0.4, -0.2) is 34.7 Å². The second-order valence-electron chi connectivity index (χ2n) is 6.41. The molecule has 1 N–H and O–H groups in total. The SMILES string of the molecule is O=C(CN1C(=O)NC2(CCCC2)C1=O)C1CCCCC1. The molecule has 2 aliphatic carbocycles. The van der Waals surface area contributed by atoms with Crippen LogP contribution in [0.3, 0.4) is 0 Å².